The Balaban J connectivity index is 1.93. The molecular weight excluding hydrogens is 240 g/mol. The minimum Gasteiger partial charge on any atom is -0.374 e. The number of ketones is 1. The van der Waals surface area contributed by atoms with Gasteiger partial charge in [-0.15, -0.1) is 0 Å². The predicted octanol–water partition coefficient (Wildman–Crippen LogP) is 2.19. The second kappa shape index (κ2) is 6.35. The van der Waals surface area contributed by atoms with E-state index >= 15 is 0 Å². The number of nitrogens with zero attached hydrogens (tertiary/aromatic N) is 2. The van der Waals surface area contributed by atoms with Gasteiger partial charge in [0.15, 0.2) is 5.78 Å². The summed E-state index contributed by atoms with van der Waals surface area (Å²) in [4.78, 5) is 14.0. The maximum absolute atomic E-state index is 11.6. The summed E-state index contributed by atoms with van der Waals surface area (Å²) in [6.45, 7) is 9.92. The fraction of sp³-hybridized carbons (Fsp3) is 0.667. The molecule has 0 N–H and O–H groups in total. The van der Waals surface area contributed by atoms with Crippen molar-refractivity contribution in [2.24, 2.45) is 0 Å². The summed E-state index contributed by atoms with van der Waals surface area (Å²) >= 11 is 0. The van der Waals surface area contributed by atoms with Crippen molar-refractivity contribution < 1.29 is 9.53 Å². The van der Waals surface area contributed by atoms with E-state index in [4.69, 9.17) is 4.74 Å². The van der Waals surface area contributed by atoms with E-state index < -0.39 is 0 Å². The van der Waals surface area contributed by atoms with Crippen LogP contribution in [0.5, 0.6) is 0 Å². The van der Waals surface area contributed by atoms with Crippen LogP contribution in [-0.4, -0.2) is 47.1 Å². The summed E-state index contributed by atoms with van der Waals surface area (Å²) in [5.74, 6) is 0.201. The topological polar surface area (TPSA) is 34.5 Å². The van der Waals surface area contributed by atoms with E-state index in [2.05, 4.69) is 23.3 Å². The Bertz CT molecular complexity index is 426. The number of ether oxygens (including phenoxy) is 1. The Labute approximate surface area is 115 Å². The van der Waals surface area contributed by atoms with Crippen LogP contribution in [0.2, 0.25) is 0 Å². The maximum atomic E-state index is 11.6. The van der Waals surface area contributed by atoms with Crippen LogP contribution in [-0.2, 0) is 11.3 Å². The number of carbonyl (C=O) groups excluding carboxylic acids is 1. The number of Topliss-reactive ketones (excluding diaryl/α,β-unsaturated/α-hetero) is 1. The first-order valence-electron chi connectivity index (χ1n) is 7.14. The number of aromatic nitrogens is 1. The summed E-state index contributed by atoms with van der Waals surface area (Å²) in [6.07, 6.45) is 4.68. The average Bonchev–Trinajstić information content (AvgIpc) is 2.86. The summed E-state index contributed by atoms with van der Waals surface area (Å²) < 4.78 is 7.88. The van der Waals surface area contributed by atoms with Gasteiger partial charge in [0.05, 0.1) is 12.7 Å². The number of carbonyl (C=O) groups is 1. The van der Waals surface area contributed by atoms with Gasteiger partial charge in [-0.2, -0.15) is 0 Å². The van der Waals surface area contributed by atoms with Crippen LogP contribution in [0.4, 0.5) is 0 Å². The molecule has 1 aliphatic rings. The van der Waals surface area contributed by atoms with Crippen LogP contribution >= 0.6 is 0 Å². The molecule has 2 rings (SSSR count). The lowest BCUT2D eigenvalue weighted by molar-refractivity contribution is -0.0455. The van der Waals surface area contributed by atoms with Crippen molar-refractivity contribution in [2.75, 3.05) is 19.7 Å². The molecule has 0 bridgehead atoms. The van der Waals surface area contributed by atoms with Gasteiger partial charge in [0.1, 0.15) is 0 Å². The Morgan fingerprint density at radius 1 is 1.53 bits per heavy atom. The van der Waals surface area contributed by atoms with Gasteiger partial charge in [0, 0.05) is 50.1 Å². The molecule has 0 aliphatic carbocycles. The van der Waals surface area contributed by atoms with E-state index in [9.17, 15) is 4.79 Å². The highest BCUT2D eigenvalue weighted by molar-refractivity contribution is 5.95. The quantitative estimate of drug-likeness (QED) is 0.765. The van der Waals surface area contributed by atoms with Crippen molar-refractivity contribution in [1.29, 1.82) is 0 Å². The van der Waals surface area contributed by atoms with E-state index in [1.165, 1.54) is 0 Å². The van der Waals surface area contributed by atoms with Crippen molar-refractivity contribution in [3.63, 3.8) is 0 Å². The molecule has 1 aliphatic heterocycles. The second-order valence-electron chi connectivity index (χ2n) is 5.46. The first-order chi connectivity index (χ1) is 9.10. The van der Waals surface area contributed by atoms with Gasteiger partial charge < -0.3 is 9.30 Å². The Morgan fingerprint density at radius 3 is 3.00 bits per heavy atom. The van der Waals surface area contributed by atoms with Gasteiger partial charge in [-0.25, -0.2) is 0 Å². The second-order valence-corrected chi connectivity index (χ2v) is 5.46. The Kier molecular flexibility index (Phi) is 4.77. The van der Waals surface area contributed by atoms with Gasteiger partial charge >= 0.3 is 0 Å². The predicted molar refractivity (Wildman–Crippen MR) is 75.5 cm³/mol. The zero-order chi connectivity index (χ0) is 13.8. The van der Waals surface area contributed by atoms with Crippen molar-refractivity contribution in [3.05, 3.63) is 24.0 Å². The molecule has 2 heterocycles. The van der Waals surface area contributed by atoms with Crippen LogP contribution in [0.1, 0.15) is 37.6 Å². The summed E-state index contributed by atoms with van der Waals surface area (Å²) in [7, 11) is 0. The molecule has 0 saturated carbocycles. The molecule has 4 nitrogen and oxygen atoms in total. The molecule has 0 spiro atoms. The van der Waals surface area contributed by atoms with E-state index in [-0.39, 0.29) is 11.9 Å². The number of hydrogen-bond donors (Lipinski definition) is 0. The third kappa shape index (κ3) is 3.67. The third-order valence-corrected chi connectivity index (χ3v) is 3.71. The summed E-state index contributed by atoms with van der Waals surface area (Å²) in [6, 6.07) is 2.46. The molecule has 4 heteroatoms. The Hall–Kier alpha value is -1.13. The van der Waals surface area contributed by atoms with Crippen LogP contribution in [0.25, 0.3) is 0 Å². The Morgan fingerprint density at radius 2 is 2.32 bits per heavy atom. The van der Waals surface area contributed by atoms with Crippen molar-refractivity contribution >= 4 is 5.78 Å². The molecule has 106 valence electrons. The van der Waals surface area contributed by atoms with Crippen molar-refractivity contribution in [1.82, 2.24) is 9.47 Å². The van der Waals surface area contributed by atoms with Gasteiger partial charge in [-0.1, -0.05) is 6.92 Å². The molecule has 0 amide bonds. The fourth-order valence-electron chi connectivity index (χ4n) is 2.48. The first-order valence-corrected chi connectivity index (χ1v) is 7.14. The average molecular weight is 264 g/mol. The molecule has 1 atom stereocenters. The van der Waals surface area contributed by atoms with Crippen LogP contribution in [0.15, 0.2) is 18.5 Å². The van der Waals surface area contributed by atoms with Gasteiger partial charge in [0.2, 0.25) is 0 Å². The summed E-state index contributed by atoms with van der Waals surface area (Å²) in [5.41, 5.74) is 0.805. The van der Waals surface area contributed by atoms with Gasteiger partial charge in [-0.3, -0.25) is 9.69 Å². The van der Waals surface area contributed by atoms with Gasteiger partial charge in [-0.05, 0) is 19.9 Å². The molecule has 1 fully saturated rings. The lowest BCUT2D eigenvalue weighted by Crippen LogP contribution is -2.47. The zero-order valence-corrected chi connectivity index (χ0v) is 12.1. The highest BCUT2D eigenvalue weighted by Gasteiger charge is 2.22. The maximum Gasteiger partial charge on any atom is 0.164 e. The van der Waals surface area contributed by atoms with E-state index in [1.807, 2.05) is 25.4 Å². The van der Waals surface area contributed by atoms with Crippen LogP contribution < -0.4 is 0 Å². The first kappa shape index (κ1) is 14.3. The van der Waals surface area contributed by atoms with E-state index in [0.717, 1.165) is 31.8 Å². The SMILES string of the molecule is CCC(=O)c1ccn(CC2CN(C(C)C)CCO2)c1. The summed E-state index contributed by atoms with van der Waals surface area (Å²) in [5, 5.41) is 0. The number of rotatable bonds is 5. The fourth-order valence-corrected chi connectivity index (χ4v) is 2.48. The molecule has 1 aromatic heterocycles. The smallest absolute Gasteiger partial charge is 0.164 e. The molecule has 19 heavy (non-hydrogen) atoms. The molecule has 0 aromatic carbocycles. The number of morpholine rings is 1. The largest absolute Gasteiger partial charge is 0.374 e. The standard InChI is InChI=1S/C15H24N2O2/c1-4-15(18)13-5-6-16(9-13)10-14-11-17(12(2)3)7-8-19-14/h5-6,9,12,14H,4,7-8,10-11H2,1-3H3. The molecular formula is C15H24N2O2. The zero-order valence-electron chi connectivity index (χ0n) is 12.1. The highest BCUT2D eigenvalue weighted by atomic mass is 16.5. The minimum atomic E-state index is 0.201. The lowest BCUT2D eigenvalue weighted by Gasteiger charge is -2.35. The van der Waals surface area contributed by atoms with Crippen molar-refractivity contribution in [3.8, 4) is 0 Å². The van der Waals surface area contributed by atoms with E-state index in [1.54, 1.807) is 0 Å². The lowest BCUT2D eigenvalue weighted by atomic mass is 10.2. The van der Waals surface area contributed by atoms with Crippen molar-refractivity contribution in [2.45, 2.75) is 45.9 Å². The van der Waals surface area contributed by atoms with Crippen LogP contribution in [0.3, 0.4) is 0 Å². The monoisotopic (exact) mass is 264 g/mol. The van der Waals surface area contributed by atoms with E-state index in [0.29, 0.717) is 12.5 Å². The molecule has 1 aromatic rings. The third-order valence-electron chi connectivity index (χ3n) is 3.71. The highest BCUT2D eigenvalue weighted by Crippen LogP contribution is 2.12. The molecule has 1 saturated heterocycles. The minimum absolute atomic E-state index is 0.201. The van der Waals surface area contributed by atoms with Gasteiger partial charge in [0.25, 0.3) is 0 Å². The number of hydrogen-bond acceptors (Lipinski definition) is 3. The van der Waals surface area contributed by atoms with Crippen LogP contribution in [0, 0.1) is 0 Å². The molecule has 1 unspecified atom stereocenters. The molecule has 0 radical (unpaired) electrons. The normalized spacial score (nSPS) is 20.9.